The number of hydrogen-bond donors (Lipinski definition) is 3. The van der Waals surface area contributed by atoms with E-state index in [1.807, 2.05) is 19.2 Å². The van der Waals surface area contributed by atoms with E-state index in [9.17, 15) is 9.59 Å². The van der Waals surface area contributed by atoms with Crippen LogP contribution in [0.15, 0.2) is 24.4 Å². The number of anilines is 1. The van der Waals surface area contributed by atoms with Crippen LogP contribution in [0.25, 0.3) is 11.6 Å². The Hall–Kier alpha value is -3.02. The number of ether oxygens (including phenoxy) is 1. The Bertz CT molecular complexity index is 849. The number of carboxylic acids is 1. The number of rotatable bonds is 5. The summed E-state index contributed by atoms with van der Waals surface area (Å²) in [5, 5.41) is 11.7. The van der Waals surface area contributed by atoms with Gasteiger partial charge in [-0.15, -0.1) is 0 Å². The van der Waals surface area contributed by atoms with Crippen molar-refractivity contribution in [3.8, 4) is 5.75 Å². The number of nitrogens with one attached hydrogen (secondary N) is 2. The van der Waals surface area contributed by atoms with E-state index in [4.69, 9.17) is 9.84 Å². The third-order valence-corrected chi connectivity index (χ3v) is 4.13. The van der Waals surface area contributed by atoms with Crippen LogP contribution in [-0.2, 0) is 16.0 Å². The summed E-state index contributed by atoms with van der Waals surface area (Å²) in [6.07, 6.45) is 4.05. The predicted octanol–water partition coefficient (Wildman–Crippen LogP) is 2.84. The average Bonchev–Trinajstić information content (AvgIpc) is 3.05. The number of aryl methyl sites for hydroxylation is 1. The number of aromatic nitrogens is 1. The van der Waals surface area contributed by atoms with Crippen molar-refractivity contribution in [2.24, 2.45) is 0 Å². The lowest BCUT2D eigenvalue weighted by atomic mass is 10.0. The van der Waals surface area contributed by atoms with E-state index in [-0.39, 0.29) is 12.3 Å². The molecule has 0 unspecified atom stereocenters. The zero-order valence-electron chi connectivity index (χ0n) is 13.5. The number of fused-ring (bicyclic) bond motifs is 1. The SMILES string of the molecule is COc1ccc2c(c1)C(=Cc1[nH]cc(C)c1CCC(=O)O)C(=O)N2. The van der Waals surface area contributed by atoms with Crippen molar-refractivity contribution >= 4 is 29.2 Å². The largest absolute Gasteiger partial charge is 0.497 e. The highest BCUT2D eigenvalue weighted by molar-refractivity contribution is 6.35. The Morgan fingerprint density at radius 3 is 2.88 bits per heavy atom. The number of amides is 1. The van der Waals surface area contributed by atoms with E-state index in [0.29, 0.717) is 17.7 Å². The molecular formula is C18H18N2O4. The molecule has 3 rings (SSSR count). The molecule has 0 spiro atoms. The topological polar surface area (TPSA) is 91.4 Å². The lowest BCUT2D eigenvalue weighted by molar-refractivity contribution is -0.137. The van der Waals surface area contributed by atoms with Gasteiger partial charge in [-0.3, -0.25) is 9.59 Å². The number of aliphatic carboxylic acids is 1. The maximum Gasteiger partial charge on any atom is 0.303 e. The molecule has 2 aromatic rings. The molecule has 0 radical (unpaired) electrons. The van der Waals surface area contributed by atoms with Gasteiger partial charge in [0.2, 0.25) is 0 Å². The lowest BCUT2D eigenvalue weighted by Gasteiger charge is -2.04. The van der Waals surface area contributed by atoms with Gasteiger partial charge in [0.1, 0.15) is 5.75 Å². The van der Waals surface area contributed by atoms with E-state index in [1.165, 1.54) is 0 Å². The Labute approximate surface area is 139 Å². The van der Waals surface area contributed by atoms with Gasteiger partial charge < -0.3 is 20.1 Å². The fraction of sp³-hybridized carbons (Fsp3) is 0.222. The lowest BCUT2D eigenvalue weighted by Crippen LogP contribution is -2.04. The number of benzene rings is 1. The van der Waals surface area contributed by atoms with Crippen LogP contribution < -0.4 is 10.1 Å². The van der Waals surface area contributed by atoms with Crippen LogP contribution in [-0.4, -0.2) is 29.1 Å². The zero-order chi connectivity index (χ0) is 17.3. The molecule has 0 saturated heterocycles. The first-order valence-electron chi connectivity index (χ1n) is 7.59. The minimum absolute atomic E-state index is 0.0471. The number of hydrogen-bond acceptors (Lipinski definition) is 3. The molecular weight excluding hydrogens is 308 g/mol. The highest BCUT2D eigenvalue weighted by Gasteiger charge is 2.25. The van der Waals surface area contributed by atoms with Crippen molar-refractivity contribution in [2.75, 3.05) is 12.4 Å². The van der Waals surface area contributed by atoms with E-state index >= 15 is 0 Å². The van der Waals surface area contributed by atoms with Crippen molar-refractivity contribution in [1.29, 1.82) is 0 Å². The van der Waals surface area contributed by atoms with Crippen molar-refractivity contribution in [1.82, 2.24) is 4.98 Å². The molecule has 1 aliphatic heterocycles. The number of carbonyl (C=O) groups is 2. The van der Waals surface area contributed by atoms with E-state index in [1.54, 1.807) is 25.3 Å². The van der Waals surface area contributed by atoms with Crippen molar-refractivity contribution < 1.29 is 19.4 Å². The van der Waals surface area contributed by atoms with Crippen molar-refractivity contribution in [3.63, 3.8) is 0 Å². The molecule has 1 aromatic heterocycles. The van der Waals surface area contributed by atoms with Gasteiger partial charge in [0.25, 0.3) is 5.91 Å². The minimum atomic E-state index is -0.845. The molecule has 6 heteroatoms. The molecule has 0 fully saturated rings. The molecule has 124 valence electrons. The Morgan fingerprint density at radius 2 is 2.17 bits per heavy atom. The first-order chi connectivity index (χ1) is 11.5. The van der Waals surface area contributed by atoms with Crippen molar-refractivity contribution in [2.45, 2.75) is 19.8 Å². The van der Waals surface area contributed by atoms with Gasteiger partial charge in [0.15, 0.2) is 0 Å². The zero-order valence-corrected chi connectivity index (χ0v) is 13.5. The van der Waals surface area contributed by atoms with Gasteiger partial charge in [0.05, 0.1) is 12.7 Å². The van der Waals surface area contributed by atoms with E-state index in [0.717, 1.165) is 28.1 Å². The van der Waals surface area contributed by atoms with Crippen LogP contribution in [0.3, 0.4) is 0 Å². The number of methoxy groups -OCH3 is 1. The normalized spacial score (nSPS) is 14.6. The molecule has 1 aromatic carbocycles. The van der Waals surface area contributed by atoms with Crippen LogP contribution in [0.4, 0.5) is 5.69 Å². The molecule has 0 bridgehead atoms. The highest BCUT2D eigenvalue weighted by atomic mass is 16.5. The Morgan fingerprint density at radius 1 is 1.38 bits per heavy atom. The summed E-state index contributed by atoms with van der Waals surface area (Å²) < 4.78 is 5.23. The first kappa shape index (κ1) is 15.9. The van der Waals surface area contributed by atoms with Gasteiger partial charge in [-0.1, -0.05) is 0 Å². The second-order valence-corrected chi connectivity index (χ2v) is 5.68. The van der Waals surface area contributed by atoms with Crippen LogP contribution in [0.1, 0.15) is 28.8 Å². The first-order valence-corrected chi connectivity index (χ1v) is 7.59. The van der Waals surface area contributed by atoms with E-state index < -0.39 is 5.97 Å². The van der Waals surface area contributed by atoms with Crippen LogP contribution in [0.5, 0.6) is 5.75 Å². The Kier molecular flexibility index (Phi) is 4.12. The maximum atomic E-state index is 12.3. The van der Waals surface area contributed by atoms with Crippen LogP contribution >= 0.6 is 0 Å². The summed E-state index contributed by atoms with van der Waals surface area (Å²) in [6.45, 7) is 1.92. The third kappa shape index (κ3) is 2.90. The predicted molar refractivity (Wildman–Crippen MR) is 91.0 cm³/mol. The smallest absolute Gasteiger partial charge is 0.303 e. The van der Waals surface area contributed by atoms with E-state index in [2.05, 4.69) is 10.3 Å². The number of carboxylic acid groups (broad SMARTS) is 1. The molecule has 24 heavy (non-hydrogen) atoms. The van der Waals surface area contributed by atoms with Gasteiger partial charge in [-0.25, -0.2) is 0 Å². The molecule has 0 aliphatic carbocycles. The minimum Gasteiger partial charge on any atom is -0.497 e. The summed E-state index contributed by atoms with van der Waals surface area (Å²) in [5.41, 5.74) is 4.69. The van der Waals surface area contributed by atoms with Gasteiger partial charge in [0, 0.05) is 29.6 Å². The van der Waals surface area contributed by atoms with Gasteiger partial charge >= 0.3 is 5.97 Å². The van der Waals surface area contributed by atoms with Gasteiger partial charge in [-0.2, -0.15) is 0 Å². The van der Waals surface area contributed by atoms with Gasteiger partial charge in [-0.05, 0) is 48.7 Å². The highest BCUT2D eigenvalue weighted by Crippen LogP contribution is 2.36. The maximum absolute atomic E-state index is 12.3. The summed E-state index contributed by atoms with van der Waals surface area (Å²) >= 11 is 0. The number of aromatic amines is 1. The summed E-state index contributed by atoms with van der Waals surface area (Å²) in [7, 11) is 1.58. The second kappa shape index (κ2) is 6.23. The fourth-order valence-electron chi connectivity index (χ4n) is 2.85. The number of H-pyrrole nitrogens is 1. The average molecular weight is 326 g/mol. The molecule has 0 saturated carbocycles. The summed E-state index contributed by atoms with van der Waals surface area (Å²) in [5.74, 6) is -0.359. The van der Waals surface area contributed by atoms with Crippen LogP contribution in [0.2, 0.25) is 0 Å². The monoisotopic (exact) mass is 326 g/mol. The van der Waals surface area contributed by atoms with Crippen LogP contribution in [0, 0.1) is 6.92 Å². The molecule has 1 amide bonds. The third-order valence-electron chi connectivity index (χ3n) is 4.13. The molecule has 3 N–H and O–H groups in total. The van der Waals surface area contributed by atoms with Crippen molar-refractivity contribution in [3.05, 3.63) is 46.8 Å². The second-order valence-electron chi connectivity index (χ2n) is 5.68. The standard InChI is InChI=1S/C18H18N2O4/c1-10-9-19-16(12(10)4-6-17(21)22)8-14-13-7-11(24-2)3-5-15(13)20-18(14)23/h3,5,7-9,19H,4,6H2,1-2H3,(H,20,23)(H,21,22). The molecule has 0 atom stereocenters. The summed E-state index contributed by atoms with van der Waals surface area (Å²) in [6, 6.07) is 5.41. The molecule has 2 heterocycles. The molecule has 1 aliphatic rings. The fourth-order valence-corrected chi connectivity index (χ4v) is 2.85. The quantitative estimate of drug-likeness (QED) is 0.737. The summed E-state index contributed by atoms with van der Waals surface area (Å²) in [4.78, 5) is 26.3. The Balaban J connectivity index is 2.01. The number of carbonyl (C=O) groups excluding carboxylic acids is 1. The molecule has 6 nitrogen and oxygen atoms in total.